The molecule has 0 unspecified atom stereocenters. The number of nitrogens with one attached hydrogen (secondary N) is 1. The molecular formula is C12H13ClN4S. The van der Waals surface area contributed by atoms with Crippen LogP contribution < -0.4 is 10.6 Å². The number of pyridine rings is 1. The van der Waals surface area contributed by atoms with Crippen molar-refractivity contribution in [2.45, 2.75) is 6.54 Å². The molecule has 0 bridgehead atoms. The predicted octanol–water partition coefficient (Wildman–Crippen LogP) is 2.72. The molecule has 0 aliphatic rings. The number of rotatable bonds is 4. The summed E-state index contributed by atoms with van der Waals surface area (Å²) in [5, 5.41) is 12.0. The smallest absolute Gasteiger partial charge is 0.148 e. The Kier molecular flexibility index (Phi) is 3.84. The van der Waals surface area contributed by atoms with Gasteiger partial charge in [0.25, 0.3) is 0 Å². The van der Waals surface area contributed by atoms with Gasteiger partial charge in [0.1, 0.15) is 11.7 Å². The zero-order chi connectivity index (χ0) is 13.1. The number of amidine groups is 1. The van der Waals surface area contributed by atoms with Crippen LogP contribution in [0.1, 0.15) is 11.1 Å². The van der Waals surface area contributed by atoms with Gasteiger partial charge in [0.05, 0.1) is 5.02 Å². The zero-order valence-electron chi connectivity index (χ0n) is 9.85. The minimum Gasteiger partial charge on any atom is -0.384 e. The monoisotopic (exact) mass is 280 g/mol. The van der Waals surface area contributed by atoms with Crippen molar-refractivity contribution < 1.29 is 0 Å². The molecular weight excluding hydrogens is 268 g/mol. The molecule has 2 rings (SSSR count). The molecule has 3 N–H and O–H groups in total. The van der Waals surface area contributed by atoms with Crippen molar-refractivity contribution in [2.75, 3.05) is 11.9 Å². The van der Waals surface area contributed by atoms with Crippen molar-refractivity contribution in [2.24, 2.45) is 5.73 Å². The first-order valence-electron chi connectivity index (χ1n) is 5.30. The van der Waals surface area contributed by atoms with Gasteiger partial charge in [-0.05, 0) is 28.5 Å². The second-order valence-corrected chi connectivity index (χ2v) is 5.06. The maximum absolute atomic E-state index is 7.46. The lowest BCUT2D eigenvalue weighted by Gasteiger charge is -2.19. The molecule has 2 aromatic rings. The van der Waals surface area contributed by atoms with E-state index in [0.29, 0.717) is 16.4 Å². The quantitative estimate of drug-likeness (QED) is 0.668. The van der Waals surface area contributed by atoms with Crippen molar-refractivity contribution >= 4 is 34.6 Å². The Bertz CT molecular complexity index is 553. The summed E-state index contributed by atoms with van der Waals surface area (Å²) >= 11 is 7.87. The highest BCUT2D eigenvalue weighted by Crippen LogP contribution is 2.27. The van der Waals surface area contributed by atoms with E-state index in [4.69, 9.17) is 22.7 Å². The summed E-state index contributed by atoms with van der Waals surface area (Å²) in [6, 6.07) is 3.70. The van der Waals surface area contributed by atoms with E-state index in [1.165, 1.54) is 5.56 Å². The van der Waals surface area contributed by atoms with Crippen molar-refractivity contribution in [3.63, 3.8) is 0 Å². The number of nitrogens with zero attached hydrogens (tertiary/aromatic N) is 2. The molecule has 4 nitrogen and oxygen atoms in total. The molecule has 0 aliphatic heterocycles. The first-order chi connectivity index (χ1) is 8.59. The standard InChI is InChI=1S/C12H13ClN4S/c1-17(6-8-3-5-18-7-8)12-10(13)9(11(14)15)2-4-16-12/h2-5,7H,6H2,1H3,(H3,14,15). The minimum absolute atomic E-state index is 0.0485. The van der Waals surface area contributed by atoms with Crippen molar-refractivity contribution in [3.05, 3.63) is 45.2 Å². The van der Waals surface area contributed by atoms with E-state index in [2.05, 4.69) is 16.4 Å². The third-order valence-electron chi connectivity index (χ3n) is 2.52. The molecule has 0 spiro atoms. The molecule has 0 fully saturated rings. The summed E-state index contributed by atoms with van der Waals surface area (Å²) in [6.07, 6.45) is 1.61. The van der Waals surface area contributed by atoms with Crippen LogP contribution in [0.4, 0.5) is 5.82 Å². The lowest BCUT2D eigenvalue weighted by Crippen LogP contribution is -2.20. The minimum atomic E-state index is -0.0485. The topological polar surface area (TPSA) is 66.0 Å². The van der Waals surface area contributed by atoms with Gasteiger partial charge in [-0.25, -0.2) is 4.98 Å². The maximum atomic E-state index is 7.46. The van der Waals surface area contributed by atoms with Gasteiger partial charge in [0.15, 0.2) is 0 Å². The largest absolute Gasteiger partial charge is 0.384 e. The lowest BCUT2D eigenvalue weighted by molar-refractivity contribution is 0.901. The van der Waals surface area contributed by atoms with Gasteiger partial charge in [-0.3, -0.25) is 5.41 Å². The van der Waals surface area contributed by atoms with Gasteiger partial charge in [-0.2, -0.15) is 11.3 Å². The second kappa shape index (κ2) is 5.37. The van der Waals surface area contributed by atoms with E-state index in [0.717, 1.165) is 6.54 Å². The van der Waals surface area contributed by atoms with Crippen LogP contribution in [0, 0.1) is 5.41 Å². The predicted molar refractivity (Wildman–Crippen MR) is 76.7 cm³/mol. The Balaban J connectivity index is 2.27. The van der Waals surface area contributed by atoms with E-state index in [1.807, 2.05) is 17.3 Å². The first-order valence-corrected chi connectivity index (χ1v) is 6.62. The van der Waals surface area contributed by atoms with E-state index in [9.17, 15) is 0 Å². The zero-order valence-corrected chi connectivity index (χ0v) is 11.4. The Morgan fingerprint density at radius 3 is 2.94 bits per heavy atom. The fourth-order valence-electron chi connectivity index (χ4n) is 1.64. The van der Waals surface area contributed by atoms with Crippen LogP contribution >= 0.6 is 22.9 Å². The Morgan fingerprint density at radius 2 is 2.33 bits per heavy atom. The molecule has 0 atom stereocenters. The number of nitrogen functional groups attached to an aromatic ring is 1. The normalized spacial score (nSPS) is 10.3. The molecule has 2 aromatic heterocycles. The van der Waals surface area contributed by atoms with E-state index >= 15 is 0 Å². The van der Waals surface area contributed by atoms with Gasteiger partial charge in [-0.15, -0.1) is 0 Å². The molecule has 0 aromatic carbocycles. The van der Waals surface area contributed by atoms with Crippen LogP contribution in [-0.2, 0) is 6.54 Å². The van der Waals surface area contributed by atoms with Crippen molar-refractivity contribution in [3.8, 4) is 0 Å². The first kappa shape index (κ1) is 12.9. The number of hydrogen-bond donors (Lipinski definition) is 2. The van der Waals surface area contributed by atoms with Crippen molar-refractivity contribution in [1.82, 2.24) is 4.98 Å². The van der Waals surface area contributed by atoms with Gasteiger partial charge in [0.2, 0.25) is 0 Å². The number of nitrogens with two attached hydrogens (primary N) is 1. The van der Waals surface area contributed by atoms with E-state index in [1.54, 1.807) is 23.6 Å². The van der Waals surface area contributed by atoms with Crippen LogP contribution in [0.15, 0.2) is 29.1 Å². The number of halogens is 1. The van der Waals surface area contributed by atoms with Crippen LogP contribution in [-0.4, -0.2) is 17.9 Å². The summed E-state index contributed by atoms with van der Waals surface area (Å²) in [5.74, 6) is 0.586. The fourth-order valence-corrected chi connectivity index (χ4v) is 2.66. The fraction of sp³-hybridized carbons (Fsp3) is 0.167. The van der Waals surface area contributed by atoms with Crippen LogP contribution in [0.25, 0.3) is 0 Å². The third-order valence-corrected chi connectivity index (χ3v) is 3.63. The maximum Gasteiger partial charge on any atom is 0.148 e. The molecule has 0 radical (unpaired) electrons. The average Bonchev–Trinajstić information content (AvgIpc) is 2.81. The average molecular weight is 281 g/mol. The summed E-state index contributed by atoms with van der Waals surface area (Å²) in [6.45, 7) is 0.720. The molecule has 0 saturated carbocycles. The number of hydrogen-bond acceptors (Lipinski definition) is 4. The van der Waals surface area contributed by atoms with Crippen LogP contribution in [0.3, 0.4) is 0 Å². The van der Waals surface area contributed by atoms with Gasteiger partial charge in [0, 0.05) is 25.4 Å². The summed E-state index contributed by atoms with van der Waals surface area (Å²) in [5.41, 5.74) is 7.19. The molecule has 0 aliphatic carbocycles. The van der Waals surface area contributed by atoms with Crippen molar-refractivity contribution in [1.29, 1.82) is 5.41 Å². The highest BCUT2D eigenvalue weighted by atomic mass is 35.5. The summed E-state index contributed by atoms with van der Waals surface area (Å²) in [7, 11) is 1.91. The third kappa shape index (κ3) is 2.63. The molecule has 18 heavy (non-hydrogen) atoms. The lowest BCUT2D eigenvalue weighted by atomic mass is 10.2. The Hall–Kier alpha value is -1.59. The highest BCUT2D eigenvalue weighted by Gasteiger charge is 2.13. The van der Waals surface area contributed by atoms with Crippen LogP contribution in [0.2, 0.25) is 5.02 Å². The molecule has 0 amide bonds. The number of thiophene rings is 1. The number of anilines is 1. The molecule has 0 saturated heterocycles. The summed E-state index contributed by atoms with van der Waals surface area (Å²) in [4.78, 5) is 6.19. The van der Waals surface area contributed by atoms with Gasteiger partial charge in [-0.1, -0.05) is 11.6 Å². The highest BCUT2D eigenvalue weighted by molar-refractivity contribution is 7.07. The molecule has 2 heterocycles. The Morgan fingerprint density at radius 1 is 1.56 bits per heavy atom. The van der Waals surface area contributed by atoms with Crippen LogP contribution in [0.5, 0.6) is 0 Å². The van der Waals surface area contributed by atoms with E-state index < -0.39 is 0 Å². The molecule has 94 valence electrons. The number of aromatic nitrogens is 1. The summed E-state index contributed by atoms with van der Waals surface area (Å²) < 4.78 is 0. The van der Waals surface area contributed by atoms with Gasteiger partial charge >= 0.3 is 0 Å². The second-order valence-electron chi connectivity index (χ2n) is 3.90. The van der Waals surface area contributed by atoms with Gasteiger partial charge < -0.3 is 10.6 Å². The SMILES string of the molecule is CN(Cc1ccsc1)c1nccc(C(=N)N)c1Cl. The molecule has 6 heteroatoms. The van der Waals surface area contributed by atoms with E-state index in [-0.39, 0.29) is 5.84 Å². The Labute approximate surface area is 115 Å².